The molecule has 0 radical (unpaired) electrons. The Morgan fingerprint density at radius 2 is 1.68 bits per heavy atom. The Morgan fingerprint density at radius 3 is 2.40 bits per heavy atom. The molecule has 0 unspecified atom stereocenters. The van der Waals surface area contributed by atoms with Crippen LogP contribution in [0.3, 0.4) is 0 Å². The number of hydrogen-bond donors (Lipinski definition) is 1. The zero-order chi connectivity index (χ0) is 28.5. The van der Waals surface area contributed by atoms with Crippen molar-refractivity contribution in [3.05, 3.63) is 78.1 Å². The number of hydrogen-bond acceptors (Lipinski definition) is 12. The molecule has 2 aromatic heterocycles. The highest BCUT2D eigenvalue weighted by molar-refractivity contribution is 7.94. The van der Waals surface area contributed by atoms with Crippen LogP contribution in [0.1, 0.15) is 34.6 Å². The molecule has 11 nitrogen and oxygen atoms in total. The van der Waals surface area contributed by atoms with E-state index < -0.39 is 11.9 Å². The largest absolute Gasteiger partial charge is 0.491 e. The summed E-state index contributed by atoms with van der Waals surface area (Å²) >= 11 is 2.09. The Bertz CT molecular complexity index is 1460. The van der Waals surface area contributed by atoms with E-state index in [1.807, 2.05) is 13.8 Å². The Kier molecular flexibility index (Phi) is 9.91. The average Bonchev–Trinajstić information content (AvgIpc) is 3.38. The predicted octanol–water partition coefficient (Wildman–Crippen LogP) is 6.53. The van der Waals surface area contributed by atoms with Gasteiger partial charge in [-0.3, -0.25) is 10.1 Å². The maximum absolute atomic E-state index is 13.1. The number of carbonyl (C=O) groups excluding carboxylic acids is 2. The highest BCUT2D eigenvalue weighted by Crippen LogP contribution is 2.32. The molecule has 0 saturated carbocycles. The van der Waals surface area contributed by atoms with Crippen molar-refractivity contribution in [3.8, 4) is 28.1 Å². The van der Waals surface area contributed by atoms with E-state index in [1.54, 1.807) is 54.6 Å². The van der Waals surface area contributed by atoms with E-state index in [0.717, 1.165) is 23.4 Å². The lowest BCUT2D eigenvalue weighted by Crippen LogP contribution is -2.13. The molecule has 4 aromatic rings. The fraction of sp³-hybridized carbons (Fsp3) is 0.185. The summed E-state index contributed by atoms with van der Waals surface area (Å²) in [6, 6.07) is 14.9. The van der Waals surface area contributed by atoms with Gasteiger partial charge in [-0.2, -0.15) is 4.33 Å². The summed E-state index contributed by atoms with van der Waals surface area (Å²) in [5.74, 6) is 0.824. The number of aromatic nitrogens is 2. The van der Waals surface area contributed by atoms with Crippen LogP contribution in [0.4, 0.5) is 5.13 Å². The van der Waals surface area contributed by atoms with Crippen LogP contribution in [-0.4, -0.2) is 42.2 Å². The van der Waals surface area contributed by atoms with Crippen molar-refractivity contribution in [1.82, 2.24) is 9.97 Å². The molecular weight excluding hydrogens is 558 g/mol. The van der Waals surface area contributed by atoms with Gasteiger partial charge in [0.15, 0.2) is 5.13 Å². The van der Waals surface area contributed by atoms with E-state index in [1.165, 1.54) is 26.6 Å². The molecule has 0 saturated heterocycles. The summed E-state index contributed by atoms with van der Waals surface area (Å²) < 4.78 is 27.1. The lowest BCUT2D eigenvalue weighted by atomic mass is 10.2. The first-order valence-electron chi connectivity index (χ1n) is 11.8. The second kappa shape index (κ2) is 13.8. The number of benzene rings is 2. The van der Waals surface area contributed by atoms with Gasteiger partial charge in [0.25, 0.3) is 5.91 Å². The second-order valence-corrected chi connectivity index (χ2v) is 9.89. The average molecular weight is 584 g/mol. The van der Waals surface area contributed by atoms with Gasteiger partial charge in [0, 0.05) is 11.6 Å². The zero-order valence-electron chi connectivity index (χ0n) is 21.9. The number of ether oxygens (including phenoxy) is 4. The maximum Gasteiger partial charge on any atom is 0.337 e. The van der Waals surface area contributed by atoms with Crippen molar-refractivity contribution in [2.75, 3.05) is 19.5 Å². The molecule has 4 rings (SSSR count). The van der Waals surface area contributed by atoms with E-state index in [-0.39, 0.29) is 6.10 Å². The quantitative estimate of drug-likeness (QED) is 0.0846. The smallest absolute Gasteiger partial charge is 0.337 e. The highest BCUT2D eigenvalue weighted by Gasteiger charge is 2.15. The molecular formula is C27H25N3O8S2. The third-order valence-corrected chi connectivity index (χ3v) is 6.23. The Balaban J connectivity index is 1.47. The van der Waals surface area contributed by atoms with Crippen LogP contribution < -0.4 is 19.5 Å². The summed E-state index contributed by atoms with van der Waals surface area (Å²) in [6.07, 6.45) is 2.88. The standard InChI is InChI=1S/C27H25N3O8S2/c1-16(2)35-21-11-18(12-22(13-21)36-20-8-9-23(28-14-20)40-38-34-4)25(31)30-27-29-15-24(39-27)37-19-7-5-6-17(10-19)26(32)33-3/h5-16H,1-4H3,(H,29,30,31). The molecule has 0 aliphatic carbocycles. The van der Waals surface area contributed by atoms with Gasteiger partial charge in [0.2, 0.25) is 5.06 Å². The molecule has 208 valence electrons. The first kappa shape index (κ1) is 28.8. The molecule has 0 spiro atoms. The van der Waals surface area contributed by atoms with Crippen molar-refractivity contribution in [3.63, 3.8) is 0 Å². The lowest BCUT2D eigenvalue weighted by molar-refractivity contribution is -0.160. The van der Waals surface area contributed by atoms with Crippen LogP contribution >= 0.6 is 23.4 Å². The monoisotopic (exact) mass is 583 g/mol. The van der Waals surface area contributed by atoms with E-state index in [4.69, 9.17) is 23.3 Å². The number of anilines is 1. The minimum atomic E-state index is -0.473. The van der Waals surface area contributed by atoms with Gasteiger partial charge in [0.05, 0.1) is 50.3 Å². The Hall–Kier alpha value is -4.17. The second-order valence-electron chi connectivity index (χ2n) is 8.17. The van der Waals surface area contributed by atoms with Gasteiger partial charge in [-0.25, -0.2) is 19.7 Å². The number of esters is 1. The maximum atomic E-state index is 13.1. The molecule has 0 atom stereocenters. The summed E-state index contributed by atoms with van der Waals surface area (Å²) in [4.78, 5) is 37.9. The molecule has 2 heterocycles. The number of pyridine rings is 1. The van der Waals surface area contributed by atoms with Crippen molar-refractivity contribution in [1.29, 1.82) is 0 Å². The predicted molar refractivity (Wildman–Crippen MR) is 148 cm³/mol. The van der Waals surface area contributed by atoms with Crippen molar-refractivity contribution >= 4 is 40.4 Å². The van der Waals surface area contributed by atoms with Crippen molar-refractivity contribution in [2.24, 2.45) is 0 Å². The molecule has 13 heteroatoms. The van der Waals surface area contributed by atoms with Gasteiger partial charge in [-0.1, -0.05) is 17.4 Å². The van der Waals surface area contributed by atoms with Gasteiger partial charge in [-0.05, 0) is 56.3 Å². The van der Waals surface area contributed by atoms with Crippen LogP contribution in [-0.2, 0) is 14.0 Å². The first-order valence-corrected chi connectivity index (χ1v) is 13.3. The minimum Gasteiger partial charge on any atom is -0.491 e. The number of carbonyl (C=O) groups is 2. The molecule has 1 N–H and O–H groups in total. The van der Waals surface area contributed by atoms with Crippen LogP contribution in [0.2, 0.25) is 0 Å². The number of amides is 1. The lowest BCUT2D eigenvalue weighted by Gasteiger charge is -2.14. The third kappa shape index (κ3) is 8.16. The molecule has 0 fully saturated rings. The van der Waals surface area contributed by atoms with Crippen LogP contribution in [0.25, 0.3) is 0 Å². The first-order chi connectivity index (χ1) is 19.3. The van der Waals surface area contributed by atoms with Crippen molar-refractivity contribution < 1.29 is 37.8 Å². The fourth-order valence-electron chi connectivity index (χ4n) is 3.24. The van der Waals surface area contributed by atoms with E-state index in [2.05, 4.69) is 20.2 Å². The minimum absolute atomic E-state index is 0.124. The fourth-order valence-corrected chi connectivity index (χ4v) is 4.28. The van der Waals surface area contributed by atoms with Gasteiger partial charge in [0.1, 0.15) is 28.0 Å². The zero-order valence-corrected chi connectivity index (χ0v) is 23.5. The van der Waals surface area contributed by atoms with Gasteiger partial charge in [-0.15, -0.1) is 0 Å². The van der Waals surface area contributed by atoms with Crippen molar-refractivity contribution in [2.45, 2.75) is 25.0 Å². The van der Waals surface area contributed by atoms with E-state index in [9.17, 15) is 9.59 Å². The molecule has 2 aromatic carbocycles. The molecule has 0 aliphatic heterocycles. The third-order valence-electron chi connectivity index (χ3n) is 4.82. The number of thiazole rings is 1. The van der Waals surface area contributed by atoms with Gasteiger partial charge >= 0.3 is 5.97 Å². The summed E-state index contributed by atoms with van der Waals surface area (Å²) in [6.45, 7) is 3.77. The Labute approximate surface area is 238 Å². The van der Waals surface area contributed by atoms with Crippen LogP contribution in [0.5, 0.6) is 28.1 Å². The van der Waals surface area contributed by atoms with Crippen LogP contribution in [0.15, 0.2) is 72.0 Å². The normalized spacial score (nSPS) is 10.7. The van der Waals surface area contributed by atoms with Gasteiger partial charge < -0.3 is 18.9 Å². The number of rotatable bonds is 12. The summed E-state index contributed by atoms with van der Waals surface area (Å²) in [7, 11) is 2.71. The number of nitrogens with one attached hydrogen (secondary N) is 1. The molecule has 0 aliphatic rings. The summed E-state index contributed by atoms with van der Waals surface area (Å²) in [5.41, 5.74) is 0.649. The summed E-state index contributed by atoms with van der Waals surface area (Å²) in [5, 5.41) is 4.08. The van der Waals surface area contributed by atoms with E-state index >= 15 is 0 Å². The SMILES string of the molecule is COOSc1ccc(Oc2cc(OC(C)C)cc(C(=O)Nc3ncc(Oc4cccc(C(=O)OC)c4)s3)c2)cn1. The number of methoxy groups -OCH3 is 1. The molecule has 1 amide bonds. The highest BCUT2D eigenvalue weighted by atomic mass is 32.2. The Morgan fingerprint density at radius 1 is 0.875 bits per heavy atom. The molecule has 40 heavy (non-hydrogen) atoms. The molecule has 0 bridgehead atoms. The van der Waals surface area contributed by atoms with E-state index in [0.29, 0.717) is 49.3 Å². The number of nitrogens with zero attached hydrogens (tertiary/aromatic N) is 2. The topological polar surface area (TPSA) is 127 Å². The van der Waals surface area contributed by atoms with Crippen LogP contribution in [0, 0.1) is 0 Å².